The predicted molar refractivity (Wildman–Crippen MR) is 59.3 cm³/mol. The molecule has 0 bridgehead atoms. The maximum absolute atomic E-state index is 13.1. The number of halogens is 2. The molecule has 8 heteroatoms. The highest BCUT2D eigenvalue weighted by Crippen LogP contribution is 2.21. The number of hydrogen-bond donors (Lipinski definition) is 1. The van der Waals surface area contributed by atoms with Crippen LogP contribution in [0.2, 0.25) is 0 Å². The van der Waals surface area contributed by atoms with E-state index in [1.54, 1.807) is 11.4 Å². The van der Waals surface area contributed by atoms with Crippen molar-refractivity contribution in [2.45, 2.75) is 4.21 Å². The van der Waals surface area contributed by atoms with Gasteiger partial charge in [-0.2, -0.15) is 13.8 Å². The van der Waals surface area contributed by atoms with Crippen molar-refractivity contribution in [1.29, 1.82) is 0 Å². The summed E-state index contributed by atoms with van der Waals surface area (Å²) in [6.45, 7) is 0. The Balaban J connectivity index is 2.33. The Labute approximate surface area is 100.0 Å². The zero-order valence-corrected chi connectivity index (χ0v) is 9.86. The molecule has 2 heterocycles. The lowest BCUT2D eigenvalue weighted by Gasteiger charge is -2.06. The van der Waals surface area contributed by atoms with Crippen molar-refractivity contribution < 1.29 is 17.2 Å². The van der Waals surface area contributed by atoms with E-state index in [1.807, 2.05) is 4.72 Å². The summed E-state index contributed by atoms with van der Waals surface area (Å²) in [5.74, 6) is -2.22. The molecule has 0 aliphatic rings. The molecule has 0 aliphatic heterocycles. The molecule has 1 N–H and O–H groups in total. The van der Waals surface area contributed by atoms with Crippen LogP contribution < -0.4 is 4.72 Å². The molecule has 4 nitrogen and oxygen atoms in total. The van der Waals surface area contributed by atoms with E-state index in [2.05, 4.69) is 4.98 Å². The Kier molecular flexibility index (Phi) is 3.07. The fourth-order valence-electron chi connectivity index (χ4n) is 1.10. The summed E-state index contributed by atoms with van der Waals surface area (Å²) in [6, 6.07) is 4.78. The first kappa shape index (κ1) is 11.9. The van der Waals surface area contributed by atoms with E-state index in [0.29, 0.717) is 0 Å². The van der Waals surface area contributed by atoms with Crippen LogP contribution in [0.15, 0.2) is 33.9 Å². The summed E-state index contributed by atoms with van der Waals surface area (Å²) in [4.78, 5) is 2.88. The third-order valence-electron chi connectivity index (χ3n) is 1.82. The monoisotopic (exact) mass is 276 g/mol. The molecule has 0 spiro atoms. The van der Waals surface area contributed by atoms with Crippen LogP contribution in [-0.2, 0) is 10.0 Å². The standard InChI is InChI=1S/C9H6F2N2O2S2/c10-7-4-3-6(9(11)12-7)13-17(14,15)8-2-1-5-16-8/h1-5,13H. The Bertz CT molecular complexity index is 626. The molecule has 90 valence electrons. The average molecular weight is 276 g/mol. The highest BCUT2D eigenvalue weighted by Gasteiger charge is 2.17. The second kappa shape index (κ2) is 4.38. The van der Waals surface area contributed by atoms with Crippen LogP contribution in [0.4, 0.5) is 14.5 Å². The van der Waals surface area contributed by atoms with E-state index in [4.69, 9.17) is 0 Å². The van der Waals surface area contributed by atoms with Crippen molar-refractivity contribution in [3.63, 3.8) is 0 Å². The fourth-order valence-corrected chi connectivity index (χ4v) is 3.15. The number of sulfonamides is 1. The van der Waals surface area contributed by atoms with E-state index >= 15 is 0 Å². The Morgan fingerprint density at radius 3 is 2.59 bits per heavy atom. The van der Waals surface area contributed by atoms with Gasteiger partial charge < -0.3 is 0 Å². The van der Waals surface area contributed by atoms with Crippen LogP contribution in [0.25, 0.3) is 0 Å². The number of nitrogens with one attached hydrogen (secondary N) is 1. The molecule has 2 aromatic rings. The number of anilines is 1. The van der Waals surface area contributed by atoms with Crippen LogP contribution in [-0.4, -0.2) is 13.4 Å². The van der Waals surface area contributed by atoms with E-state index in [0.717, 1.165) is 23.5 Å². The molecule has 0 atom stereocenters. The molecule has 0 saturated carbocycles. The second-order valence-electron chi connectivity index (χ2n) is 3.01. The van der Waals surface area contributed by atoms with Crippen molar-refractivity contribution >= 4 is 27.0 Å². The normalized spacial score (nSPS) is 11.4. The van der Waals surface area contributed by atoms with Crippen molar-refractivity contribution in [3.8, 4) is 0 Å². The third kappa shape index (κ3) is 2.59. The molecule has 2 aromatic heterocycles. The van der Waals surface area contributed by atoms with Crippen molar-refractivity contribution in [2.24, 2.45) is 0 Å². The van der Waals surface area contributed by atoms with E-state index < -0.39 is 21.9 Å². The highest BCUT2D eigenvalue weighted by molar-refractivity contribution is 7.94. The van der Waals surface area contributed by atoms with E-state index in [9.17, 15) is 17.2 Å². The molecule has 2 rings (SSSR count). The Morgan fingerprint density at radius 1 is 1.24 bits per heavy atom. The van der Waals surface area contributed by atoms with E-state index in [-0.39, 0.29) is 9.90 Å². The van der Waals surface area contributed by atoms with Crippen molar-refractivity contribution in [2.75, 3.05) is 4.72 Å². The average Bonchev–Trinajstić information content (AvgIpc) is 2.76. The summed E-state index contributed by atoms with van der Waals surface area (Å²) in [6.07, 6.45) is 0. The summed E-state index contributed by atoms with van der Waals surface area (Å²) in [5, 5.41) is 1.58. The summed E-state index contributed by atoms with van der Waals surface area (Å²) in [7, 11) is -3.84. The zero-order valence-electron chi connectivity index (χ0n) is 8.22. The number of nitrogens with zero attached hydrogens (tertiary/aromatic N) is 1. The largest absolute Gasteiger partial charge is 0.274 e. The minimum Gasteiger partial charge on any atom is -0.274 e. The van der Waals surface area contributed by atoms with Gasteiger partial charge in [0.1, 0.15) is 9.90 Å². The fraction of sp³-hybridized carbons (Fsp3) is 0. The van der Waals surface area contributed by atoms with Gasteiger partial charge in [-0.05, 0) is 23.6 Å². The lowest BCUT2D eigenvalue weighted by molar-refractivity contribution is 0.515. The van der Waals surface area contributed by atoms with Gasteiger partial charge in [0.05, 0.1) is 0 Å². The zero-order chi connectivity index (χ0) is 12.5. The number of aromatic nitrogens is 1. The topological polar surface area (TPSA) is 59.1 Å². The van der Waals surface area contributed by atoms with Gasteiger partial charge in [0, 0.05) is 0 Å². The van der Waals surface area contributed by atoms with Gasteiger partial charge in [-0.25, -0.2) is 8.42 Å². The molecule has 0 amide bonds. The number of pyridine rings is 1. The van der Waals surface area contributed by atoms with Gasteiger partial charge in [0.15, 0.2) is 0 Å². The van der Waals surface area contributed by atoms with Crippen molar-refractivity contribution in [3.05, 3.63) is 41.5 Å². The highest BCUT2D eigenvalue weighted by atomic mass is 32.2. The molecule has 0 aliphatic carbocycles. The molecule has 0 fully saturated rings. The van der Waals surface area contributed by atoms with E-state index in [1.165, 1.54) is 6.07 Å². The number of hydrogen-bond acceptors (Lipinski definition) is 4. The number of thiophene rings is 1. The van der Waals surface area contributed by atoms with Gasteiger partial charge in [0.2, 0.25) is 11.9 Å². The first-order chi connectivity index (χ1) is 7.99. The quantitative estimate of drug-likeness (QED) is 0.874. The van der Waals surface area contributed by atoms with Crippen LogP contribution in [0, 0.1) is 11.9 Å². The molecular formula is C9H6F2N2O2S2. The van der Waals surface area contributed by atoms with Gasteiger partial charge >= 0.3 is 0 Å². The van der Waals surface area contributed by atoms with Gasteiger partial charge in [-0.15, -0.1) is 11.3 Å². The lowest BCUT2D eigenvalue weighted by Crippen LogP contribution is -2.13. The van der Waals surface area contributed by atoms with Gasteiger partial charge in [-0.1, -0.05) is 6.07 Å². The molecule has 0 unspecified atom stereocenters. The predicted octanol–water partition coefficient (Wildman–Crippen LogP) is 2.22. The first-order valence-corrected chi connectivity index (χ1v) is 6.74. The van der Waals surface area contributed by atoms with Crippen LogP contribution in [0.1, 0.15) is 0 Å². The number of rotatable bonds is 3. The molecule has 0 saturated heterocycles. The molecule has 0 aromatic carbocycles. The molecular weight excluding hydrogens is 270 g/mol. The second-order valence-corrected chi connectivity index (χ2v) is 5.87. The summed E-state index contributed by atoms with van der Waals surface area (Å²) >= 11 is 0.991. The summed E-state index contributed by atoms with van der Waals surface area (Å²) in [5.41, 5.74) is -0.389. The molecule has 17 heavy (non-hydrogen) atoms. The van der Waals surface area contributed by atoms with Gasteiger partial charge in [0.25, 0.3) is 10.0 Å². The SMILES string of the molecule is O=S(=O)(Nc1ccc(F)nc1F)c1cccs1. The third-order valence-corrected chi connectivity index (χ3v) is 4.58. The van der Waals surface area contributed by atoms with Crippen LogP contribution in [0.5, 0.6) is 0 Å². The smallest absolute Gasteiger partial charge is 0.271 e. The minimum absolute atomic E-state index is 0.0428. The van der Waals surface area contributed by atoms with Gasteiger partial charge in [-0.3, -0.25) is 4.72 Å². The van der Waals surface area contributed by atoms with Crippen LogP contribution in [0.3, 0.4) is 0 Å². The lowest BCUT2D eigenvalue weighted by atomic mass is 10.4. The summed E-state index contributed by atoms with van der Waals surface area (Å²) < 4.78 is 51.1. The minimum atomic E-state index is -3.84. The Hall–Kier alpha value is -1.54. The molecule has 0 radical (unpaired) electrons. The Morgan fingerprint density at radius 2 is 2.00 bits per heavy atom. The first-order valence-electron chi connectivity index (χ1n) is 4.37. The van der Waals surface area contributed by atoms with Crippen LogP contribution >= 0.6 is 11.3 Å². The maximum Gasteiger partial charge on any atom is 0.271 e. The maximum atomic E-state index is 13.1. The van der Waals surface area contributed by atoms with Crippen molar-refractivity contribution in [1.82, 2.24) is 4.98 Å².